The van der Waals surface area contributed by atoms with Crippen molar-refractivity contribution in [3.63, 3.8) is 0 Å². The molecule has 2 rings (SSSR count). The molecule has 0 aliphatic heterocycles. The van der Waals surface area contributed by atoms with Gasteiger partial charge in [0.25, 0.3) is 5.56 Å². The van der Waals surface area contributed by atoms with Crippen LogP contribution in [0.3, 0.4) is 0 Å². The smallest absolute Gasteiger partial charge is 0.328 e. The first-order valence-corrected chi connectivity index (χ1v) is 4.29. The molecular formula is C9H10N4O2. The topological polar surface area (TPSA) is 107 Å². The van der Waals surface area contributed by atoms with E-state index < -0.39 is 11.2 Å². The summed E-state index contributed by atoms with van der Waals surface area (Å²) in [6.45, 7) is 0. The van der Waals surface area contributed by atoms with Crippen LogP contribution in [0.15, 0.2) is 21.7 Å². The maximum absolute atomic E-state index is 11.5. The highest BCUT2D eigenvalue weighted by molar-refractivity contribution is 5.95. The van der Waals surface area contributed by atoms with Gasteiger partial charge in [0.1, 0.15) is 0 Å². The first-order valence-electron chi connectivity index (χ1n) is 4.29. The van der Waals surface area contributed by atoms with E-state index in [1.165, 1.54) is 4.57 Å². The number of fused-ring (bicyclic) bond motifs is 1. The monoisotopic (exact) mass is 206 g/mol. The fourth-order valence-electron chi connectivity index (χ4n) is 1.50. The predicted molar refractivity (Wildman–Crippen MR) is 58.6 cm³/mol. The van der Waals surface area contributed by atoms with Crippen molar-refractivity contribution >= 4 is 22.3 Å². The van der Waals surface area contributed by atoms with Gasteiger partial charge in [0.15, 0.2) is 0 Å². The van der Waals surface area contributed by atoms with Crippen molar-refractivity contribution in [3.8, 4) is 0 Å². The minimum Gasteiger partial charge on any atom is -0.397 e. The zero-order valence-corrected chi connectivity index (χ0v) is 8.07. The standard InChI is InChI=1S/C9H10N4O2/c1-13-5-3-2-4(10)7(11)6(5)8(14)12-9(13)15/h2-3H,10-11H2,1H3,(H,12,14,15). The number of hydrogen-bond donors (Lipinski definition) is 3. The quantitative estimate of drug-likeness (QED) is 0.500. The summed E-state index contributed by atoms with van der Waals surface area (Å²) in [7, 11) is 1.55. The Bertz CT molecular complexity index is 653. The molecule has 2 aromatic rings. The van der Waals surface area contributed by atoms with Crippen LogP contribution in [-0.2, 0) is 7.05 Å². The van der Waals surface area contributed by atoms with Crippen LogP contribution in [0.2, 0.25) is 0 Å². The second-order valence-electron chi connectivity index (χ2n) is 3.28. The highest BCUT2D eigenvalue weighted by Crippen LogP contribution is 2.21. The van der Waals surface area contributed by atoms with Crippen LogP contribution in [0.1, 0.15) is 0 Å². The minimum absolute atomic E-state index is 0.198. The van der Waals surface area contributed by atoms with Crippen molar-refractivity contribution < 1.29 is 0 Å². The molecule has 5 N–H and O–H groups in total. The van der Waals surface area contributed by atoms with Gasteiger partial charge in [0.05, 0.1) is 22.3 Å². The van der Waals surface area contributed by atoms with E-state index in [0.717, 1.165) is 0 Å². The summed E-state index contributed by atoms with van der Waals surface area (Å²) in [6, 6.07) is 3.16. The lowest BCUT2D eigenvalue weighted by atomic mass is 10.2. The summed E-state index contributed by atoms with van der Waals surface area (Å²) in [6.07, 6.45) is 0. The van der Waals surface area contributed by atoms with Crippen molar-refractivity contribution in [2.75, 3.05) is 11.5 Å². The van der Waals surface area contributed by atoms with Gasteiger partial charge in [-0.05, 0) is 12.1 Å². The van der Waals surface area contributed by atoms with Crippen molar-refractivity contribution in [2.24, 2.45) is 7.05 Å². The minimum atomic E-state index is -0.516. The number of H-pyrrole nitrogens is 1. The number of aromatic nitrogens is 2. The molecule has 0 fully saturated rings. The number of nitrogens with zero attached hydrogens (tertiary/aromatic N) is 1. The third-order valence-corrected chi connectivity index (χ3v) is 2.37. The number of nitrogen functional groups attached to an aromatic ring is 2. The highest BCUT2D eigenvalue weighted by atomic mass is 16.2. The van der Waals surface area contributed by atoms with Gasteiger partial charge < -0.3 is 11.5 Å². The number of benzene rings is 1. The molecular weight excluding hydrogens is 196 g/mol. The van der Waals surface area contributed by atoms with Crippen LogP contribution in [0.5, 0.6) is 0 Å². The van der Waals surface area contributed by atoms with E-state index in [9.17, 15) is 9.59 Å². The molecule has 0 spiro atoms. The molecule has 1 aromatic heterocycles. The SMILES string of the molecule is Cn1c(=O)[nH]c(=O)c2c(N)c(N)ccc21. The Hall–Kier alpha value is -2.24. The Morgan fingerprint density at radius 1 is 1.27 bits per heavy atom. The molecule has 0 radical (unpaired) electrons. The van der Waals surface area contributed by atoms with E-state index in [1.54, 1.807) is 19.2 Å². The van der Waals surface area contributed by atoms with Gasteiger partial charge in [-0.25, -0.2) is 4.79 Å². The van der Waals surface area contributed by atoms with Crippen molar-refractivity contribution in [1.29, 1.82) is 0 Å². The van der Waals surface area contributed by atoms with Crippen LogP contribution in [0, 0.1) is 0 Å². The molecule has 0 saturated carbocycles. The first-order chi connectivity index (χ1) is 7.02. The predicted octanol–water partition coefficient (Wildman–Crippen LogP) is -0.609. The number of rotatable bonds is 0. The number of aryl methyl sites for hydroxylation is 1. The molecule has 0 atom stereocenters. The zero-order chi connectivity index (χ0) is 11.2. The molecule has 6 heteroatoms. The van der Waals surface area contributed by atoms with E-state index in [4.69, 9.17) is 11.5 Å². The third-order valence-electron chi connectivity index (χ3n) is 2.37. The van der Waals surface area contributed by atoms with E-state index >= 15 is 0 Å². The summed E-state index contributed by atoms with van der Waals surface area (Å²) in [5, 5.41) is 0.247. The maximum atomic E-state index is 11.5. The fourth-order valence-corrected chi connectivity index (χ4v) is 1.50. The van der Waals surface area contributed by atoms with Crippen LogP contribution >= 0.6 is 0 Å². The van der Waals surface area contributed by atoms with Gasteiger partial charge >= 0.3 is 5.69 Å². The largest absolute Gasteiger partial charge is 0.397 e. The lowest BCUT2D eigenvalue weighted by Gasteiger charge is -2.07. The molecule has 78 valence electrons. The summed E-state index contributed by atoms with van der Waals surface area (Å²) >= 11 is 0. The van der Waals surface area contributed by atoms with Gasteiger partial charge in [-0.1, -0.05) is 0 Å². The van der Waals surface area contributed by atoms with Gasteiger partial charge in [0.2, 0.25) is 0 Å². The van der Waals surface area contributed by atoms with Crippen molar-refractivity contribution in [1.82, 2.24) is 9.55 Å². The Morgan fingerprint density at radius 2 is 1.93 bits per heavy atom. The normalized spacial score (nSPS) is 10.7. The van der Waals surface area contributed by atoms with Crippen LogP contribution in [0.25, 0.3) is 10.9 Å². The van der Waals surface area contributed by atoms with Crippen LogP contribution in [-0.4, -0.2) is 9.55 Å². The molecule has 0 saturated heterocycles. The maximum Gasteiger partial charge on any atom is 0.328 e. The van der Waals surface area contributed by atoms with Gasteiger partial charge in [-0.15, -0.1) is 0 Å². The van der Waals surface area contributed by atoms with Gasteiger partial charge in [-0.3, -0.25) is 14.3 Å². The molecule has 15 heavy (non-hydrogen) atoms. The van der Waals surface area contributed by atoms with Crippen LogP contribution < -0.4 is 22.7 Å². The van der Waals surface area contributed by atoms with E-state index in [-0.39, 0.29) is 11.1 Å². The third kappa shape index (κ3) is 1.18. The highest BCUT2D eigenvalue weighted by Gasteiger charge is 2.09. The molecule has 0 aliphatic rings. The number of hydrogen-bond acceptors (Lipinski definition) is 4. The summed E-state index contributed by atoms with van der Waals surface area (Å²) in [4.78, 5) is 25.0. The molecule has 0 unspecified atom stereocenters. The van der Waals surface area contributed by atoms with E-state index in [1.807, 2.05) is 0 Å². The van der Waals surface area contributed by atoms with Crippen molar-refractivity contribution in [2.45, 2.75) is 0 Å². The summed E-state index contributed by atoms with van der Waals surface area (Å²) in [5.41, 5.74) is 11.3. The Labute approximate surface area is 84.1 Å². The van der Waals surface area contributed by atoms with E-state index in [0.29, 0.717) is 11.2 Å². The fraction of sp³-hybridized carbons (Fsp3) is 0.111. The molecule has 0 bridgehead atoms. The second kappa shape index (κ2) is 2.88. The molecule has 6 nitrogen and oxygen atoms in total. The molecule has 1 heterocycles. The van der Waals surface area contributed by atoms with E-state index in [2.05, 4.69) is 4.98 Å². The summed E-state index contributed by atoms with van der Waals surface area (Å²) < 4.78 is 1.31. The zero-order valence-electron chi connectivity index (χ0n) is 8.07. The number of anilines is 2. The average molecular weight is 206 g/mol. The molecule has 0 amide bonds. The second-order valence-corrected chi connectivity index (χ2v) is 3.28. The molecule has 1 aromatic carbocycles. The Balaban J connectivity index is 3.17. The van der Waals surface area contributed by atoms with Crippen LogP contribution in [0.4, 0.5) is 11.4 Å². The van der Waals surface area contributed by atoms with Gasteiger partial charge in [0, 0.05) is 7.05 Å². The Morgan fingerprint density at radius 3 is 2.60 bits per heavy atom. The first kappa shape index (κ1) is 9.32. The summed E-state index contributed by atoms with van der Waals surface area (Å²) in [5.74, 6) is 0. The lowest BCUT2D eigenvalue weighted by Crippen LogP contribution is -2.29. The van der Waals surface area contributed by atoms with Crippen molar-refractivity contribution in [3.05, 3.63) is 33.0 Å². The Kier molecular flexibility index (Phi) is 1.79. The number of nitrogens with two attached hydrogens (primary N) is 2. The number of aromatic amines is 1. The average Bonchev–Trinajstić information content (AvgIpc) is 2.18. The molecule has 0 aliphatic carbocycles. The number of nitrogens with one attached hydrogen (secondary N) is 1. The lowest BCUT2D eigenvalue weighted by molar-refractivity contribution is 0.843. The van der Waals surface area contributed by atoms with Gasteiger partial charge in [-0.2, -0.15) is 0 Å².